The summed E-state index contributed by atoms with van der Waals surface area (Å²) in [6.45, 7) is 6.10. The third-order valence-corrected chi connectivity index (χ3v) is 4.62. The van der Waals surface area contributed by atoms with E-state index in [1.54, 1.807) is 19.2 Å². The number of nitrogens with zero attached hydrogens (tertiary/aromatic N) is 1. The Kier molecular flexibility index (Phi) is 5.18. The van der Waals surface area contributed by atoms with Crippen molar-refractivity contribution in [3.05, 3.63) is 23.8 Å². The lowest BCUT2D eigenvalue weighted by Crippen LogP contribution is -2.34. The fraction of sp³-hybridized carbons (Fsp3) is 0.571. The SMILES string of the molecule is COc1ccc(CO)cc1S(=O)(=O)N(C)CC(C)(C)C. The highest BCUT2D eigenvalue weighted by Crippen LogP contribution is 2.29. The highest BCUT2D eigenvalue weighted by atomic mass is 32.2. The summed E-state index contributed by atoms with van der Waals surface area (Å²) < 4.78 is 31.7. The van der Waals surface area contributed by atoms with E-state index in [-0.39, 0.29) is 22.7 Å². The first-order valence-electron chi connectivity index (χ1n) is 6.36. The minimum atomic E-state index is -3.65. The second-order valence-electron chi connectivity index (χ2n) is 5.97. The molecule has 0 radical (unpaired) electrons. The molecule has 1 rings (SSSR count). The van der Waals surface area contributed by atoms with Crippen molar-refractivity contribution in [1.29, 1.82) is 0 Å². The number of aliphatic hydroxyl groups excluding tert-OH is 1. The van der Waals surface area contributed by atoms with Crippen LogP contribution in [-0.2, 0) is 16.6 Å². The molecule has 0 aliphatic heterocycles. The van der Waals surface area contributed by atoms with Crippen LogP contribution in [0.5, 0.6) is 5.75 Å². The normalized spacial score (nSPS) is 12.8. The van der Waals surface area contributed by atoms with Gasteiger partial charge in [0.05, 0.1) is 13.7 Å². The van der Waals surface area contributed by atoms with Gasteiger partial charge in [0.25, 0.3) is 0 Å². The van der Waals surface area contributed by atoms with Crippen LogP contribution in [-0.4, -0.2) is 38.5 Å². The number of rotatable bonds is 5. The standard InChI is InChI=1S/C14H23NO4S/c1-14(2,3)10-15(4)20(17,18)13-8-11(9-16)6-7-12(13)19-5/h6-8,16H,9-10H2,1-5H3. The monoisotopic (exact) mass is 301 g/mol. The van der Waals surface area contributed by atoms with Gasteiger partial charge in [-0.2, -0.15) is 0 Å². The van der Waals surface area contributed by atoms with Crippen LogP contribution < -0.4 is 4.74 Å². The lowest BCUT2D eigenvalue weighted by Gasteiger charge is -2.26. The second-order valence-corrected chi connectivity index (χ2v) is 7.98. The minimum Gasteiger partial charge on any atom is -0.495 e. The van der Waals surface area contributed by atoms with Gasteiger partial charge in [-0.05, 0) is 23.1 Å². The molecular weight excluding hydrogens is 278 g/mol. The molecule has 1 aromatic carbocycles. The van der Waals surface area contributed by atoms with Crippen molar-refractivity contribution in [2.45, 2.75) is 32.3 Å². The predicted molar refractivity (Wildman–Crippen MR) is 78.2 cm³/mol. The van der Waals surface area contributed by atoms with Gasteiger partial charge < -0.3 is 9.84 Å². The van der Waals surface area contributed by atoms with Gasteiger partial charge in [0.2, 0.25) is 10.0 Å². The molecule has 0 amide bonds. The molecule has 0 bridgehead atoms. The first-order valence-corrected chi connectivity index (χ1v) is 7.80. The van der Waals surface area contributed by atoms with Crippen LogP contribution in [0.4, 0.5) is 0 Å². The summed E-state index contributed by atoms with van der Waals surface area (Å²) in [4.78, 5) is 0.0818. The van der Waals surface area contributed by atoms with E-state index in [1.807, 2.05) is 20.8 Å². The van der Waals surface area contributed by atoms with Gasteiger partial charge in [-0.25, -0.2) is 12.7 Å². The van der Waals surface area contributed by atoms with Gasteiger partial charge in [0.1, 0.15) is 10.6 Å². The van der Waals surface area contributed by atoms with E-state index in [1.165, 1.54) is 17.5 Å². The zero-order valence-corrected chi connectivity index (χ0v) is 13.5. The van der Waals surface area contributed by atoms with E-state index in [9.17, 15) is 8.42 Å². The molecule has 0 saturated heterocycles. The van der Waals surface area contributed by atoms with Crippen molar-refractivity contribution in [3.8, 4) is 5.75 Å². The number of hydrogen-bond acceptors (Lipinski definition) is 4. The smallest absolute Gasteiger partial charge is 0.246 e. The number of methoxy groups -OCH3 is 1. The van der Waals surface area contributed by atoms with Gasteiger partial charge >= 0.3 is 0 Å². The molecule has 0 saturated carbocycles. The molecule has 1 N–H and O–H groups in total. The topological polar surface area (TPSA) is 66.8 Å². The molecule has 0 aliphatic rings. The zero-order valence-electron chi connectivity index (χ0n) is 12.7. The number of benzene rings is 1. The van der Waals surface area contributed by atoms with Gasteiger partial charge in [-0.3, -0.25) is 0 Å². The number of aliphatic hydroxyl groups is 1. The number of ether oxygens (including phenoxy) is 1. The average Bonchev–Trinajstić information content (AvgIpc) is 2.35. The molecule has 0 spiro atoms. The first kappa shape index (κ1) is 16.9. The summed E-state index contributed by atoms with van der Waals surface area (Å²) in [5, 5.41) is 9.17. The fourth-order valence-electron chi connectivity index (χ4n) is 1.94. The summed E-state index contributed by atoms with van der Waals surface area (Å²) in [6, 6.07) is 4.65. The Morgan fingerprint density at radius 2 is 1.90 bits per heavy atom. The molecule has 0 fully saturated rings. The van der Waals surface area contributed by atoms with Crippen molar-refractivity contribution in [2.75, 3.05) is 20.7 Å². The summed E-state index contributed by atoms with van der Waals surface area (Å²) >= 11 is 0. The van der Waals surface area contributed by atoms with Gasteiger partial charge in [-0.1, -0.05) is 26.8 Å². The maximum atomic E-state index is 12.6. The largest absolute Gasteiger partial charge is 0.495 e. The Hall–Kier alpha value is -1.11. The van der Waals surface area contributed by atoms with Crippen LogP contribution in [0.15, 0.2) is 23.1 Å². The predicted octanol–water partition coefficient (Wildman–Crippen LogP) is 1.85. The maximum Gasteiger partial charge on any atom is 0.246 e. The van der Waals surface area contributed by atoms with E-state index >= 15 is 0 Å². The van der Waals surface area contributed by atoms with Crippen LogP contribution in [0.3, 0.4) is 0 Å². The minimum absolute atomic E-state index is 0.0818. The summed E-state index contributed by atoms with van der Waals surface area (Å²) in [5.74, 6) is 0.281. The van der Waals surface area contributed by atoms with Crippen molar-refractivity contribution in [1.82, 2.24) is 4.31 Å². The lowest BCUT2D eigenvalue weighted by atomic mass is 9.97. The molecule has 0 aliphatic carbocycles. The second kappa shape index (κ2) is 6.11. The highest BCUT2D eigenvalue weighted by Gasteiger charge is 2.28. The Balaban J connectivity index is 3.26. The van der Waals surface area contributed by atoms with Crippen molar-refractivity contribution < 1.29 is 18.3 Å². The van der Waals surface area contributed by atoms with E-state index in [2.05, 4.69) is 0 Å². The molecule has 1 aromatic rings. The third kappa shape index (κ3) is 3.94. The average molecular weight is 301 g/mol. The summed E-state index contributed by atoms with van der Waals surface area (Å²) in [6.07, 6.45) is 0. The lowest BCUT2D eigenvalue weighted by molar-refractivity contribution is 0.281. The van der Waals surface area contributed by atoms with Crippen LogP contribution in [0.25, 0.3) is 0 Å². The molecule has 0 atom stereocenters. The first-order chi connectivity index (χ1) is 9.11. The molecule has 6 heteroatoms. The molecule has 0 unspecified atom stereocenters. The van der Waals surface area contributed by atoms with Crippen molar-refractivity contribution in [3.63, 3.8) is 0 Å². The summed E-state index contributed by atoms with van der Waals surface area (Å²) in [5.41, 5.74) is 0.387. The third-order valence-electron chi connectivity index (χ3n) is 2.80. The summed E-state index contributed by atoms with van der Waals surface area (Å²) in [7, 11) is -0.676. The molecule has 0 aromatic heterocycles. The Morgan fingerprint density at radius 3 is 2.35 bits per heavy atom. The van der Waals surface area contributed by atoms with E-state index in [0.29, 0.717) is 12.1 Å². The Morgan fingerprint density at radius 1 is 1.30 bits per heavy atom. The molecule has 20 heavy (non-hydrogen) atoms. The van der Waals surface area contributed by atoms with Crippen LogP contribution in [0.2, 0.25) is 0 Å². The quantitative estimate of drug-likeness (QED) is 0.901. The Bertz CT molecular complexity index is 561. The van der Waals surface area contributed by atoms with E-state index in [4.69, 9.17) is 9.84 Å². The Labute approximate surface area is 121 Å². The molecule has 114 valence electrons. The van der Waals surface area contributed by atoms with Gasteiger partial charge in [-0.15, -0.1) is 0 Å². The molecular formula is C14H23NO4S. The van der Waals surface area contributed by atoms with E-state index in [0.717, 1.165) is 0 Å². The molecule has 0 heterocycles. The highest BCUT2D eigenvalue weighted by molar-refractivity contribution is 7.89. The maximum absolute atomic E-state index is 12.6. The fourth-order valence-corrected chi connectivity index (χ4v) is 3.54. The number of sulfonamides is 1. The van der Waals surface area contributed by atoms with Crippen molar-refractivity contribution >= 4 is 10.0 Å². The van der Waals surface area contributed by atoms with Crippen LogP contribution in [0, 0.1) is 5.41 Å². The molecule has 5 nitrogen and oxygen atoms in total. The van der Waals surface area contributed by atoms with Crippen LogP contribution >= 0.6 is 0 Å². The van der Waals surface area contributed by atoms with Crippen LogP contribution in [0.1, 0.15) is 26.3 Å². The van der Waals surface area contributed by atoms with Gasteiger partial charge in [0.15, 0.2) is 0 Å². The van der Waals surface area contributed by atoms with Crippen molar-refractivity contribution in [2.24, 2.45) is 5.41 Å². The zero-order chi connectivity index (χ0) is 15.6. The number of hydrogen-bond donors (Lipinski definition) is 1. The van der Waals surface area contributed by atoms with Gasteiger partial charge in [0, 0.05) is 13.6 Å². The van der Waals surface area contributed by atoms with E-state index < -0.39 is 10.0 Å².